The van der Waals surface area contributed by atoms with Crippen molar-refractivity contribution in [2.45, 2.75) is 19.4 Å². The summed E-state index contributed by atoms with van der Waals surface area (Å²) in [4.78, 5) is 28.4. The molecule has 2 amide bonds. The number of carbonyl (C=O) groups is 2. The van der Waals surface area contributed by atoms with Crippen LogP contribution in [-0.4, -0.2) is 45.4 Å². The average molecular weight is 488 g/mol. The minimum Gasteiger partial charge on any atom is -0.454 e. The molecule has 3 aromatic rings. The first-order valence-electron chi connectivity index (χ1n) is 12.1. The second-order valence-electron chi connectivity index (χ2n) is 8.80. The maximum absolute atomic E-state index is 13.2. The van der Waals surface area contributed by atoms with Gasteiger partial charge in [0.25, 0.3) is 11.8 Å². The summed E-state index contributed by atoms with van der Waals surface area (Å²) < 4.78 is 15.8. The van der Waals surface area contributed by atoms with Gasteiger partial charge in [-0.1, -0.05) is 24.3 Å². The molecule has 3 aromatic carbocycles. The Morgan fingerprint density at radius 3 is 2.67 bits per heavy atom. The van der Waals surface area contributed by atoms with Gasteiger partial charge in [-0.3, -0.25) is 9.59 Å². The van der Waals surface area contributed by atoms with Gasteiger partial charge in [0.1, 0.15) is 0 Å². The molecule has 2 heterocycles. The van der Waals surface area contributed by atoms with Crippen molar-refractivity contribution in [3.63, 3.8) is 0 Å². The number of hydrogen-bond acceptors (Lipinski definition) is 6. The quantitative estimate of drug-likeness (QED) is 0.467. The molecule has 2 aliphatic heterocycles. The maximum Gasteiger partial charge on any atom is 0.255 e. The molecule has 8 heteroatoms. The van der Waals surface area contributed by atoms with Crippen molar-refractivity contribution in [3.05, 3.63) is 82.9 Å². The van der Waals surface area contributed by atoms with Gasteiger partial charge in [0.2, 0.25) is 6.79 Å². The number of benzene rings is 3. The van der Waals surface area contributed by atoms with Gasteiger partial charge in [0.05, 0.1) is 5.56 Å². The van der Waals surface area contributed by atoms with Crippen LogP contribution in [0.25, 0.3) is 0 Å². The van der Waals surface area contributed by atoms with Crippen LogP contribution in [0.5, 0.6) is 11.5 Å². The van der Waals surface area contributed by atoms with Crippen LogP contribution in [0.4, 0.5) is 11.4 Å². The van der Waals surface area contributed by atoms with E-state index in [4.69, 9.17) is 14.2 Å². The first-order chi connectivity index (χ1) is 17.6. The van der Waals surface area contributed by atoms with Gasteiger partial charge >= 0.3 is 0 Å². The lowest BCUT2D eigenvalue weighted by Gasteiger charge is -2.32. The number of hydrogen-bond donors (Lipinski definition) is 2. The summed E-state index contributed by atoms with van der Waals surface area (Å²) in [6.07, 6.45) is 1.63. The summed E-state index contributed by atoms with van der Waals surface area (Å²) in [6.45, 7) is 2.75. The fourth-order valence-corrected chi connectivity index (χ4v) is 4.53. The summed E-state index contributed by atoms with van der Waals surface area (Å²) in [5, 5.41) is 5.90. The zero-order valence-electron chi connectivity index (χ0n) is 20.2. The van der Waals surface area contributed by atoms with E-state index >= 15 is 0 Å². The van der Waals surface area contributed by atoms with E-state index in [0.29, 0.717) is 41.5 Å². The van der Waals surface area contributed by atoms with E-state index in [1.54, 1.807) is 31.4 Å². The molecular formula is C28H29N3O5. The topological polar surface area (TPSA) is 89.1 Å². The summed E-state index contributed by atoms with van der Waals surface area (Å²) in [5.41, 5.74) is 4.95. The first-order valence-corrected chi connectivity index (χ1v) is 12.1. The van der Waals surface area contributed by atoms with Crippen LogP contribution in [0, 0.1) is 0 Å². The predicted octanol–water partition coefficient (Wildman–Crippen LogP) is 4.00. The highest BCUT2D eigenvalue weighted by Gasteiger charge is 2.22. The Bertz CT molecular complexity index is 1280. The summed E-state index contributed by atoms with van der Waals surface area (Å²) in [7, 11) is 1.64. The lowest BCUT2D eigenvalue weighted by Crippen LogP contribution is -2.33. The first kappa shape index (κ1) is 23.7. The molecule has 36 heavy (non-hydrogen) atoms. The monoisotopic (exact) mass is 487 g/mol. The molecule has 0 aliphatic carbocycles. The average Bonchev–Trinajstić information content (AvgIpc) is 3.39. The Morgan fingerprint density at radius 2 is 1.81 bits per heavy atom. The van der Waals surface area contributed by atoms with Crippen LogP contribution >= 0.6 is 0 Å². The number of nitrogens with zero attached hydrogens (tertiary/aromatic N) is 1. The van der Waals surface area contributed by atoms with Crippen LogP contribution in [0.2, 0.25) is 0 Å². The Morgan fingerprint density at radius 1 is 0.972 bits per heavy atom. The van der Waals surface area contributed by atoms with E-state index in [1.165, 1.54) is 11.1 Å². The Kier molecular flexibility index (Phi) is 7.04. The third kappa shape index (κ3) is 5.13. The molecular weight excluding hydrogens is 458 g/mol. The minimum atomic E-state index is -0.292. The van der Waals surface area contributed by atoms with E-state index < -0.39 is 0 Å². The molecule has 0 fully saturated rings. The zero-order valence-corrected chi connectivity index (χ0v) is 20.2. The van der Waals surface area contributed by atoms with Gasteiger partial charge in [0, 0.05) is 50.3 Å². The van der Waals surface area contributed by atoms with Crippen LogP contribution in [-0.2, 0) is 17.7 Å². The van der Waals surface area contributed by atoms with E-state index in [0.717, 1.165) is 31.6 Å². The minimum absolute atomic E-state index is 0.145. The van der Waals surface area contributed by atoms with Crippen molar-refractivity contribution in [3.8, 4) is 11.5 Å². The fraction of sp³-hybridized carbons (Fsp3) is 0.286. The highest BCUT2D eigenvalue weighted by atomic mass is 16.7. The molecule has 5 rings (SSSR count). The van der Waals surface area contributed by atoms with Gasteiger partial charge < -0.3 is 29.7 Å². The van der Waals surface area contributed by atoms with Crippen LogP contribution in [0.3, 0.4) is 0 Å². The maximum atomic E-state index is 13.2. The molecule has 0 saturated carbocycles. The summed E-state index contributed by atoms with van der Waals surface area (Å²) >= 11 is 0. The van der Waals surface area contributed by atoms with Crippen LogP contribution < -0.4 is 25.0 Å². The Labute approximate surface area is 210 Å². The largest absolute Gasteiger partial charge is 0.454 e. The molecule has 2 aliphatic rings. The third-order valence-electron chi connectivity index (χ3n) is 6.42. The molecule has 0 atom stereocenters. The normalized spacial score (nSPS) is 13.8. The van der Waals surface area contributed by atoms with Crippen LogP contribution in [0.15, 0.2) is 60.7 Å². The number of rotatable bonds is 8. The van der Waals surface area contributed by atoms with E-state index in [1.807, 2.05) is 18.2 Å². The van der Waals surface area contributed by atoms with Crippen molar-refractivity contribution >= 4 is 23.2 Å². The van der Waals surface area contributed by atoms with Crippen molar-refractivity contribution < 1.29 is 23.8 Å². The van der Waals surface area contributed by atoms with Crippen molar-refractivity contribution in [1.29, 1.82) is 0 Å². The number of ether oxygens (including phenoxy) is 3. The number of carbonyl (C=O) groups excluding carboxylic acids is 2. The molecule has 0 bridgehead atoms. The number of fused-ring (bicyclic) bond motifs is 2. The molecule has 0 aromatic heterocycles. The van der Waals surface area contributed by atoms with Crippen molar-refractivity contribution in [2.75, 3.05) is 43.8 Å². The smallest absolute Gasteiger partial charge is 0.255 e. The van der Waals surface area contributed by atoms with Gasteiger partial charge in [-0.25, -0.2) is 0 Å². The zero-order chi connectivity index (χ0) is 24.9. The highest BCUT2D eigenvalue weighted by Crippen LogP contribution is 2.33. The number of anilines is 2. The standard InChI is InChI=1S/C28H29N3O5/c1-34-14-4-12-29-28(33)23-16-22(30-27(32)20-7-10-25-26(15-20)36-18-35-25)8-9-24(23)31-13-11-19-5-2-3-6-21(19)17-31/h2-3,5-10,15-16H,4,11-14,17-18H2,1H3,(H,29,33)(H,30,32). The lowest BCUT2D eigenvalue weighted by atomic mass is 9.98. The van der Waals surface area contributed by atoms with E-state index in [2.05, 4.69) is 33.7 Å². The molecule has 186 valence electrons. The number of methoxy groups -OCH3 is 1. The van der Waals surface area contributed by atoms with Crippen LogP contribution in [0.1, 0.15) is 38.3 Å². The third-order valence-corrected chi connectivity index (χ3v) is 6.42. The summed E-state index contributed by atoms with van der Waals surface area (Å²) in [6, 6.07) is 18.9. The molecule has 0 spiro atoms. The Balaban J connectivity index is 1.38. The second kappa shape index (κ2) is 10.7. The highest BCUT2D eigenvalue weighted by molar-refractivity contribution is 6.06. The molecule has 0 unspecified atom stereocenters. The van der Waals surface area contributed by atoms with E-state index in [-0.39, 0.29) is 18.6 Å². The number of nitrogens with one attached hydrogen (secondary N) is 2. The predicted molar refractivity (Wildman–Crippen MR) is 137 cm³/mol. The van der Waals surface area contributed by atoms with Gasteiger partial charge in [-0.05, 0) is 60.4 Å². The van der Waals surface area contributed by atoms with Crippen molar-refractivity contribution in [2.24, 2.45) is 0 Å². The SMILES string of the molecule is COCCCNC(=O)c1cc(NC(=O)c2ccc3c(c2)OCO3)ccc1N1CCc2ccccc2C1. The molecule has 0 radical (unpaired) electrons. The van der Waals surface area contributed by atoms with Gasteiger partial charge in [-0.15, -0.1) is 0 Å². The lowest BCUT2D eigenvalue weighted by molar-refractivity contribution is 0.0947. The Hall–Kier alpha value is -4.04. The number of amides is 2. The molecule has 0 saturated heterocycles. The molecule has 8 nitrogen and oxygen atoms in total. The molecule has 2 N–H and O–H groups in total. The summed E-state index contributed by atoms with van der Waals surface area (Å²) in [5.74, 6) is 0.685. The van der Waals surface area contributed by atoms with Gasteiger partial charge in [-0.2, -0.15) is 0 Å². The van der Waals surface area contributed by atoms with Crippen molar-refractivity contribution in [1.82, 2.24) is 5.32 Å². The van der Waals surface area contributed by atoms with E-state index in [9.17, 15) is 9.59 Å². The second-order valence-corrected chi connectivity index (χ2v) is 8.80. The fourth-order valence-electron chi connectivity index (χ4n) is 4.53. The van der Waals surface area contributed by atoms with Gasteiger partial charge in [0.15, 0.2) is 11.5 Å².